The molecule has 1 N–H and O–H groups in total. The zero-order chi connectivity index (χ0) is 18.1. The lowest BCUT2D eigenvalue weighted by molar-refractivity contribution is -0.146. The van der Waals surface area contributed by atoms with E-state index in [2.05, 4.69) is 0 Å². The summed E-state index contributed by atoms with van der Waals surface area (Å²) in [5, 5.41) is 9.18. The van der Waals surface area contributed by atoms with Crippen LogP contribution in [0.2, 0.25) is 0 Å². The first-order chi connectivity index (χ1) is 11.9. The molecule has 0 radical (unpaired) electrons. The Bertz CT molecular complexity index is 715. The van der Waals surface area contributed by atoms with Gasteiger partial charge in [0, 0.05) is 31.7 Å². The summed E-state index contributed by atoms with van der Waals surface area (Å²) < 4.78 is 0. The Morgan fingerprint density at radius 1 is 1.12 bits per heavy atom. The highest BCUT2D eigenvalue weighted by molar-refractivity contribution is 6.00. The largest absolute Gasteiger partial charge is 0.481 e. The topological polar surface area (TPSA) is 77.9 Å². The molecule has 0 saturated carbocycles. The molecule has 2 heterocycles. The predicted molar refractivity (Wildman–Crippen MR) is 93.3 cm³/mol. The number of likely N-dealkylation sites (tertiary alicyclic amines) is 1. The summed E-state index contributed by atoms with van der Waals surface area (Å²) in [4.78, 5) is 39.7. The summed E-state index contributed by atoms with van der Waals surface area (Å²) in [5.41, 5.74) is 3.10. The molecular formula is C19H24N2O4. The summed E-state index contributed by atoms with van der Waals surface area (Å²) in [6.45, 7) is 5.22. The number of carbonyl (C=O) groups excluding carboxylic acids is 2. The average Bonchev–Trinajstić information content (AvgIpc) is 2.98. The van der Waals surface area contributed by atoms with Crippen molar-refractivity contribution in [1.82, 2.24) is 4.90 Å². The number of aryl methyl sites for hydroxylation is 2. The van der Waals surface area contributed by atoms with Gasteiger partial charge in [-0.15, -0.1) is 0 Å². The van der Waals surface area contributed by atoms with Gasteiger partial charge in [0.2, 0.25) is 11.8 Å². The Hall–Kier alpha value is -2.37. The number of amides is 2. The average molecular weight is 344 g/mol. The minimum Gasteiger partial charge on any atom is -0.481 e. The first-order valence-electron chi connectivity index (χ1n) is 8.76. The Balaban J connectivity index is 1.70. The van der Waals surface area contributed by atoms with E-state index in [-0.39, 0.29) is 30.7 Å². The molecule has 0 bridgehead atoms. The van der Waals surface area contributed by atoms with Gasteiger partial charge in [-0.05, 0) is 49.9 Å². The molecule has 2 aliphatic heterocycles. The maximum absolute atomic E-state index is 12.8. The van der Waals surface area contributed by atoms with Gasteiger partial charge < -0.3 is 14.9 Å². The zero-order valence-corrected chi connectivity index (χ0v) is 14.7. The van der Waals surface area contributed by atoms with E-state index in [1.807, 2.05) is 32.0 Å². The normalized spacial score (nSPS) is 23.8. The Labute approximate surface area is 147 Å². The Kier molecular flexibility index (Phi) is 4.79. The van der Waals surface area contributed by atoms with Crippen LogP contribution in [0.25, 0.3) is 0 Å². The lowest BCUT2D eigenvalue weighted by Gasteiger charge is -2.32. The number of rotatable bonds is 3. The molecule has 2 fully saturated rings. The molecule has 2 aliphatic rings. The molecule has 0 spiro atoms. The molecule has 1 aromatic carbocycles. The van der Waals surface area contributed by atoms with E-state index >= 15 is 0 Å². The van der Waals surface area contributed by atoms with Gasteiger partial charge in [0.1, 0.15) is 0 Å². The van der Waals surface area contributed by atoms with Crippen molar-refractivity contribution in [1.29, 1.82) is 0 Å². The minimum atomic E-state index is -0.850. The van der Waals surface area contributed by atoms with E-state index in [0.29, 0.717) is 25.9 Å². The monoisotopic (exact) mass is 344 g/mol. The van der Waals surface area contributed by atoms with Crippen molar-refractivity contribution in [3.8, 4) is 0 Å². The van der Waals surface area contributed by atoms with E-state index in [4.69, 9.17) is 0 Å². The van der Waals surface area contributed by atoms with E-state index in [0.717, 1.165) is 16.8 Å². The molecule has 25 heavy (non-hydrogen) atoms. The number of carboxylic acid groups (broad SMARTS) is 1. The number of hydrogen-bond acceptors (Lipinski definition) is 3. The summed E-state index contributed by atoms with van der Waals surface area (Å²) in [6.07, 6.45) is 1.50. The quantitative estimate of drug-likeness (QED) is 0.909. The van der Waals surface area contributed by atoms with E-state index in [1.165, 1.54) is 0 Å². The fourth-order valence-corrected chi connectivity index (χ4v) is 3.65. The lowest BCUT2D eigenvalue weighted by atomic mass is 9.96. The molecule has 0 aromatic heterocycles. The van der Waals surface area contributed by atoms with Crippen molar-refractivity contribution in [2.45, 2.75) is 33.1 Å². The van der Waals surface area contributed by atoms with Crippen LogP contribution in [0.15, 0.2) is 18.2 Å². The highest BCUT2D eigenvalue weighted by atomic mass is 16.4. The number of anilines is 1. The van der Waals surface area contributed by atoms with E-state index < -0.39 is 11.9 Å². The van der Waals surface area contributed by atoms with Gasteiger partial charge in [0.25, 0.3) is 0 Å². The van der Waals surface area contributed by atoms with Crippen molar-refractivity contribution < 1.29 is 19.5 Å². The fourth-order valence-electron chi connectivity index (χ4n) is 3.65. The highest BCUT2D eigenvalue weighted by Crippen LogP contribution is 2.29. The third kappa shape index (κ3) is 3.52. The summed E-state index contributed by atoms with van der Waals surface area (Å²) in [5.74, 6) is -1.87. The molecule has 6 heteroatoms. The van der Waals surface area contributed by atoms with Crippen molar-refractivity contribution in [2.24, 2.45) is 11.8 Å². The number of carbonyl (C=O) groups is 3. The first kappa shape index (κ1) is 17.5. The Morgan fingerprint density at radius 3 is 2.56 bits per heavy atom. The van der Waals surface area contributed by atoms with Crippen molar-refractivity contribution in [3.63, 3.8) is 0 Å². The second kappa shape index (κ2) is 6.86. The summed E-state index contributed by atoms with van der Waals surface area (Å²) >= 11 is 0. The molecule has 6 nitrogen and oxygen atoms in total. The van der Waals surface area contributed by atoms with Crippen molar-refractivity contribution >= 4 is 23.5 Å². The zero-order valence-electron chi connectivity index (χ0n) is 14.7. The highest BCUT2D eigenvalue weighted by Gasteiger charge is 2.39. The number of aliphatic carboxylic acids is 1. The molecule has 2 atom stereocenters. The molecule has 1 aromatic rings. The third-order valence-electron chi connectivity index (χ3n) is 5.36. The summed E-state index contributed by atoms with van der Waals surface area (Å²) in [6, 6.07) is 5.87. The van der Waals surface area contributed by atoms with Gasteiger partial charge in [0.15, 0.2) is 0 Å². The Morgan fingerprint density at radius 2 is 1.88 bits per heavy atom. The van der Waals surface area contributed by atoms with Crippen LogP contribution in [0, 0.1) is 25.7 Å². The van der Waals surface area contributed by atoms with Crippen LogP contribution in [0.1, 0.15) is 30.4 Å². The van der Waals surface area contributed by atoms with E-state index in [9.17, 15) is 19.5 Å². The third-order valence-corrected chi connectivity index (χ3v) is 5.36. The van der Waals surface area contributed by atoms with Gasteiger partial charge in [0.05, 0.1) is 11.8 Å². The number of benzene rings is 1. The second-order valence-corrected chi connectivity index (χ2v) is 7.14. The van der Waals surface area contributed by atoms with Gasteiger partial charge in [-0.1, -0.05) is 6.07 Å². The summed E-state index contributed by atoms with van der Waals surface area (Å²) in [7, 11) is 0. The van der Waals surface area contributed by atoms with Gasteiger partial charge >= 0.3 is 5.97 Å². The maximum atomic E-state index is 12.8. The van der Waals surface area contributed by atoms with Gasteiger partial charge in [-0.2, -0.15) is 0 Å². The number of hydrogen-bond donors (Lipinski definition) is 1. The van der Waals surface area contributed by atoms with Crippen LogP contribution in [0.5, 0.6) is 0 Å². The van der Waals surface area contributed by atoms with Crippen LogP contribution in [0.4, 0.5) is 5.69 Å². The number of nitrogens with zero attached hydrogens (tertiary/aromatic N) is 2. The van der Waals surface area contributed by atoms with Crippen LogP contribution in [0.3, 0.4) is 0 Å². The molecule has 3 rings (SSSR count). The van der Waals surface area contributed by atoms with Crippen molar-refractivity contribution in [3.05, 3.63) is 29.3 Å². The van der Waals surface area contributed by atoms with Crippen LogP contribution < -0.4 is 4.90 Å². The fraction of sp³-hybridized carbons (Fsp3) is 0.526. The van der Waals surface area contributed by atoms with Crippen molar-refractivity contribution in [2.75, 3.05) is 24.5 Å². The maximum Gasteiger partial charge on any atom is 0.308 e. The standard InChI is InChI=1S/C19H24N2O4/c1-12-5-6-16(8-13(12)2)21-11-15(9-17(21)22)18(23)20-7-3-4-14(10-20)19(24)25/h5-6,8,14-15H,3-4,7,9-11H2,1-2H3,(H,24,25)/t14-,15+/m0/s1. The first-order valence-corrected chi connectivity index (χ1v) is 8.76. The molecule has 134 valence electrons. The molecule has 2 saturated heterocycles. The SMILES string of the molecule is Cc1ccc(N2C[C@H](C(=O)N3CCC[C@H](C(=O)O)C3)CC2=O)cc1C. The van der Waals surface area contributed by atoms with Gasteiger partial charge in [-0.3, -0.25) is 14.4 Å². The number of carboxylic acids is 1. The van der Waals surface area contributed by atoms with Crippen LogP contribution in [-0.2, 0) is 14.4 Å². The lowest BCUT2D eigenvalue weighted by Crippen LogP contribution is -2.45. The smallest absolute Gasteiger partial charge is 0.308 e. The predicted octanol–water partition coefficient (Wildman–Crippen LogP) is 1.98. The second-order valence-electron chi connectivity index (χ2n) is 7.14. The molecular weight excluding hydrogens is 320 g/mol. The van der Waals surface area contributed by atoms with E-state index in [1.54, 1.807) is 9.80 Å². The van der Waals surface area contributed by atoms with Crippen LogP contribution >= 0.6 is 0 Å². The minimum absolute atomic E-state index is 0.0478. The molecule has 2 amide bonds. The van der Waals surface area contributed by atoms with Gasteiger partial charge in [-0.25, -0.2) is 0 Å². The van der Waals surface area contributed by atoms with Crippen LogP contribution in [-0.4, -0.2) is 47.4 Å². The molecule has 0 unspecified atom stereocenters. The number of piperidine rings is 1. The molecule has 0 aliphatic carbocycles.